The topological polar surface area (TPSA) is 105 Å². The molecule has 1 aromatic carbocycles. The van der Waals surface area contributed by atoms with Crippen molar-refractivity contribution in [3.05, 3.63) is 29.3 Å². The van der Waals surface area contributed by atoms with E-state index in [9.17, 15) is 19.2 Å². The number of ether oxygens (including phenoxy) is 1. The molecule has 0 radical (unpaired) electrons. The van der Waals surface area contributed by atoms with Gasteiger partial charge in [0.2, 0.25) is 11.8 Å². The number of para-hydroxylation sites is 1. The standard InChI is InChI=1S/C20H27N3O5/c1-14-7-6-8-15(2)20(14)22-16(24)11-21-17(25)13-28-19(27)12-23-10-5-3-4-9-18(23)26/h6-8H,3-5,9-13H2,1-2H3,(H,21,25)(H,22,24). The number of aryl methyl sites for hydroxylation is 2. The SMILES string of the molecule is Cc1cccc(C)c1NC(=O)CNC(=O)COC(=O)CN1CCCCCC1=O. The fourth-order valence-corrected chi connectivity index (χ4v) is 2.98. The van der Waals surface area contributed by atoms with Crippen LogP contribution < -0.4 is 10.6 Å². The summed E-state index contributed by atoms with van der Waals surface area (Å²) in [4.78, 5) is 49.0. The molecular formula is C20H27N3O5. The third-order valence-corrected chi connectivity index (χ3v) is 4.55. The highest BCUT2D eigenvalue weighted by Gasteiger charge is 2.20. The van der Waals surface area contributed by atoms with Crippen LogP contribution in [0.3, 0.4) is 0 Å². The molecule has 2 rings (SSSR count). The predicted octanol–water partition coefficient (Wildman–Crippen LogP) is 1.30. The van der Waals surface area contributed by atoms with Crippen molar-refractivity contribution in [3.8, 4) is 0 Å². The van der Waals surface area contributed by atoms with Gasteiger partial charge >= 0.3 is 5.97 Å². The van der Waals surface area contributed by atoms with E-state index < -0.39 is 18.5 Å². The molecule has 0 aromatic heterocycles. The first-order valence-corrected chi connectivity index (χ1v) is 9.43. The van der Waals surface area contributed by atoms with E-state index in [-0.39, 0.29) is 24.9 Å². The van der Waals surface area contributed by atoms with Gasteiger partial charge in [0.15, 0.2) is 6.61 Å². The van der Waals surface area contributed by atoms with Crippen molar-refractivity contribution >= 4 is 29.4 Å². The Balaban J connectivity index is 1.69. The number of rotatable bonds is 7. The molecule has 1 aliphatic rings. The van der Waals surface area contributed by atoms with Crippen LogP contribution in [0.25, 0.3) is 0 Å². The maximum Gasteiger partial charge on any atom is 0.326 e. The van der Waals surface area contributed by atoms with Crippen LogP contribution in [0.4, 0.5) is 5.69 Å². The van der Waals surface area contributed by atoms with Gasteiger partial charge in [-0.05, 0) is 37.8 Å². The Labute approximate surface area is 164 Å². The number of carbonyl (C=O) groups excluding carboxylic acids is 4. The summed E-state index contributed by atoms with van der Waals surface area (Å²) in [5.74, 6) is -1.65. The Morgan fingerprint density at radius 2 is 1.79 bits per heavy atom. The number of benzene rings is 1. The van der Waals surface area contributed by atoms with Gasteiger partial charge in [-0.2, -0.15) is 0 Å². The van der Waals surface area contributed by atoms with Crippen LogP contribution >= 0.6 is 0 Å². The normalized spacial score (nSPS) is 14.2. The lowest BCUT2D eigenvalue weighted by Gasteiger charge is -2.19. The molecule has 152 valence electrons. The van der Waals surface area contributed by atoms with Crippen molar-refractivity contribution in [1.82, 2.24) is 10.2 Å². The Hall–Kier alpha value is -2.90. The van der Waals surface area contributed by atoms with Gasteiger partial charge in [0, 0.05) is 18.7 Å². The smallest absolute Gasteiger partial charge is 0.326 e. The first kappa shape index (κ1) is 21.4. The van der Waals surface area contributed by atoms with Crippen LogP contribution in [0.2, 0.25) is 0 Å². The van der Waals surface area contributed by atoms with Crippen LogP contribution in [0.1, 0.15) is 36.8 Å². The van der Waals surface area contributed by atoms with Gasteiger partial charge in [-0.1, -0.05) is 24.6 Å². The monoisotopic (exact) mass is 389 g/mol. The fourth-order valence-electron chi connectivity index (χ4n) is 2.98. The molecule has 1 aromatic rings. The minimum Gasteiger partial charge on any atom is -0.454 e. The number of amides is 3. The highest BCUT2D eigenvalue weighted by atomic mass is 16.5. The summed E-state index contributed by atoms with van der Waals surface area (Å²) in [6.07, 6.45) is 3.08. The first-order chi connectivity index (χ1) is 13.4. The Morgan fingerprint density at radius 3 is 2.50 bits per heavy atom. The summed E-state index contributed by atoms with van der Waals surface area (Å²) in [7, 11) is 0. The largest absolute Gasteiger partial charge is 0.454 e. The molecule has 8 nitrogen and oxygen atoms in total. The first-order valence-electron chi connectivity index (χ1n) is 9.43. The zero-order valence-corrected chi connectivity index (χ0v) is 16.4. The maximum absolute atomic E-state index is 12.0. The van der Waals surface area contributed by atoms with Gasteiger partial charge in [0.1, 0.15) is 6.54 Å². The molecule has 8 heteroatoms. The lowest BCUT2D eigenvalue weighted by molar-refractivity contribution is -0.152. The third kappa shape index (κ3) is 6.68. The lowest BCUT2D eigenvalue weighted by atomic mass is 10.1. The molecule has 2 N–H and O–H groups in total. The van der Waals surface area contributed by atoms with Gasteiger partial charge in [-0.15, -0.1) is 0 Å². The summed E-state index contributed by atoms with van der Waals surface area (Å²) < 4.78 is 4.91. The van der Waals surface area contributed by atoms with Crippen molar-refractivity contribution in [1.29, 1.82) is 0 Å². The van der Waals surface area contributed by atoms with Gasteiger partial charge in [-0.3, -0.25) is 19.2 Å². The van der Waals surface area contributed by atoms with Crippen LogP contribution in [0.5, 0.6) is 0 Å². The number of carbonyl (C=O) groups is 4. The van der Waals surface area contributed by atoms with E-state index >= 15 is 0 Å². The summed E-state index contributed by atoms with van der Waals surface area (Å²) >= 11 is 0. The van der Waals surface area contributed by atoms with Gasteiger partial charge in [-0.25, -0.2) is 0 Å². The van der Waals surface area contributed by atoms with E-state index in [1.54, 1.807) is 0 Å². The van der Waals surface area contributed by atoms with Gasteiger partial charge in [0.05, 0.1) is 6.54 Å². The molecule has 1 heterocycles. The van der Waals surface area contributed by atoms with Crippen LogP contribution in [0, 0.1) is 13.8 Å². The quantitative estimate of drug-likeness (QED) is 0.684. The van der Waals surface area contributed by atoms with Crippen molar-refractivity contribution in [2.75, 3.05) is 31.6 Å². The molecule has 1 fully saturated rings. The highest BCUT2D eigenvalue weighted by molar-refractivity contribution is 5.96. The molecule has 1 saturated heterocycles. The number of hydrogen-bond acceptors (Lipinski definition) is 5. The Kier molecular flexibility index (Phi) is 7.98. The van der Waals surface area contributed by atoms with Crippen LogP contribution in [-0.4, -0.2) is 54.8 Å². The zero-order chi connectivity index (χ0) is 20.5. The number of likely N-dealkylation sites (tertiary alicyclic amines) is 1. The minimum absolute atomic E-state index is 0.0675. The molecule has 0 atom stereocenters. The molecule has 0 bridgehead atoms. The van der Waals surface area contributed by atoms with Crippen LogP contribution in [0.15, 0.2) is 18.2 Å². The summed E-state index contributed by atoms with van der Waals surface area (Å²) in [6.45, 7) is 3.43. The highest BCUT2D eigenvalue weighted by Crippen LogP contribution is 2.19. The average Bonchev–Trinajstić information content (AvgIpc) is 2.86. The van der Waals surface area contributed by atoms with Crippen molar-refractivity contribution < 1.29 is 23.9 Å². The predicted molar refractivity (Wildman–Crippen MR) is 104 cm³/mol. The van der Waals surface area contributed by atoms with Gasteiger partial charge in [0.25, 0.3) is 5.91 Å². The molecule has 0 unspecified atom stereocenters. The molecule has 0 saturated carbocycles. The lowest BCUT2D eigenvalue weighted by Crippen LogP contribution is -2.38. The number of nitrogens with one attached hydrogen (secondary N) is 2. The molecule has 3 amide bonds. The molecule has 0 spiro atoms. The second-order valence-electron chi connectivity index (χ2n) is 6.88. The molecule has 0 aliphatic carbocycles. The summed E-state index contributed by atoms with van der Waals surface area (Å²) in [5.41, 5.74) is 2.57. The fraction of sp³-hybridized carbons (Fsp3) is 0.500. The van der Waals surface area contributed by atoms with E-state index in [4.69, 9.17) is 4.74 Å². The maximum atomic E-state index is 12.0. The number of nitrogens with zero attached hydrogens (tertiary/aromatic N) is 1. The molecular weight excluding hydrogens is 362 g/mol. The number of hydrogen-bond donors (Lipinski definition) is 2. The van der Waals surface area contributed by atoms with Crippen LogP contribution in [-0.2, 0) is 23.9 Å². The summed E-state index contributed by atoms with van der Waals surface area (Å²) in [5, 5.41) is 5.17. The van der Waals surface area contributed by atoms with Gasteiger partial charge < -0.3 is 20.3 Å². The number of esters is 1. The second-order valence-corrected chi connectivity index (χ2v) is 6.88. The van der Waals surface area contributed by atoms with Crippen molar-refractivity contribution in [2.45, 2.75) is 39.5 Å². The Bertz CT molecular complexity index is 727. The third-order valence-electron chi connectivity index (χ3n) is 4.55. The van der Waals surface area contributed by atoms with E-state index in [2.05, 4.69) is 10.6 Å². The van der Waals surface area contributed by atoms with E-state index in [1.807, 2.05) is 32.0 Å². The molecule has 1 aliphatic heterocycles. The zero-order valence-electron chi connectivity index (χ0n) is 16.4. The average molecular weight is 389 g/mol. The number of anilines is 1. The van der Waals surface area contributed by atoms with E-state index in [0.717, 1.165) is 36.1 Å². The minimum atomic E-state index is -0.634. The second kappa shape index (κ2) is 10.4. The summed E-state index contributed by atoms with van der Waals surface area (Å²) in [6, 6.07) is 5.67. The molecule has 28 heavy (non-hydrogen) atoms. The van der Waals surface area contributed by atoms with Crippen molar-refractivity contribution in [2.24, 2.45) is 0 Å². The Morgan fingerprint density at radius 1 is 1.07 bits per heavy atom. The van der Waals surface area contributed by atoms with E-state index in [1.165, 1.54) is 4.90 Å². The van der Waals surface area contributed by atoms with E-state index in [0.29, 0.717) is 13.0 Å². The van der Waals surface area contributed by atoms with Crippen molar-refractivity contribution in [3.63, 3.8) is 0 Å².